The summed E-state index contributed by atoms with van der Waals surface area (Å²) in [6.07, 6.45) is 1.97. The smallest absolute Gasteiger partial charge is 0.224 e. The fourth-order valence-electron chi connectivity index (χ4n) is 2.56. The summed E-state index contributed by atoms with van der Waals surface area (Å²) in [4.78, 5) is 14.1. The highest BCUT2D eigenvalue weighted by atomic mass is 16.1. The minimum absolute atomic E-state index is 0.178. The number of carbonyl (C=O) groups is 1. The summed E-state index contributed by atoms with van der Waals surface area (Å²) in [7, 11) is 2.12. The first-order chi connectivity index (χ1) is 9.75. The van der Waals surface area contributed by atoms with Crippen LogP contribution < -0.4 is 10.6 Å². The molecule has 1 unspecified atom stereocenters. The second-order valence-electron chi connectivity index (χ2n) is 5.56. The van der Waals surface area contributed by atoms with E-state index in [9.17, 15) is 4.79 Å². The van der Waals surface area contributed by atoms with Crippen LogP contribution in [0.5, 0.6) is 0 Å². The first-order valence-corrected chi connectivity index (χ1v) is 7.46. The molecule has 1 amide bonds. The zero-order valence-corrected chi connectivity index (χ0v) is 12.3. The predicted molar refractivity (Wildman–Crippen MR) is 81.4 cm³/mol. The number of benzene rings is 1. The minimum Gasteiger partial charge on any atom is -0.356 e. The lowest BCUT2D eigenvalue weighted by Crippen LogP contribution is -2.33. The van der Waals surface area contributed by atoms with Crippen LogP contribution >= 0.6 is 0 Å². The third kappa shape index (κ3) is 4.94. The topological polar surface area (TPSA) is 44.4 Å². The highest BCUT2D eigenvalue weighted by Gasteiger charge is 2.21. The molecule has 1 aliphatic heterocycles. The van der Waals surface area contributed by atoms with Crippen LogP contribution in [0.3, 0.4) is 0 Å². The largest absolute Gasteiger partial charge is 0.356 e. The fraction of sp³-hybridized carbons (Fsp3) is 0.562. The zero-order valence-electron chi connectivity index (χ0n) is 12.3. The van der Waals surface area contributed by atoms with Crippen LogP contribution in [0.2, 0.25) is 0 Å². The summed E-state index contributed by atoms with van der Waals surface area (Å²) in [5, 5.41) is 6.26. The van der Waals surface area contributed by atoms with E-state index in [2.05, 4.69) is 46.8 Å². The number of hydrogen-bond donors (Lipinski definition) is 2. The number of hydrogen-bond acceptors (Lipinski definition) is 3. The summed E-state index contributed by atoms with van der Waals surface area (Å²) in [5.41, 5.74) is 1.33. The second-order valence-corrected chi connectivity index (χ2v) is 5.56. The van der Waals surface area contributed by atoms with E-state index in [1.165, 1.54) is 5.56 Å². The van der Waals surface area contributed by atoms with Gasteiger partial charge in [0.05, 0.1) is 5.92 Å². The third-order valence-electron chi connectivity index (χ3n) is 3.74. The molecule has 0 radical (unpaired) electrons. The Bertz CT molecular complexity index is 401. The van der Waals surface area contributed by atoms with Crippen LogP contribution in [0.4, 0.5) is 0 Å². The van der Waals surface area contributed by atoms with Crippen LogP contribution in [-0.4, -0.2) is 44.0 Å². The van der Waals surface area contributed by atoms with Gasteiger partial charge >= 0.3 is 0 Å². The van der Waals surface area contributed by atoms with Crippen molar-refractivity contribution in [3.63, 3.8) is 0 Å². The van der Waals surface area contributed by atoms with Crippen LogP contribution in [0.15, 0.2) is 30.3 Å². The van der Waals surface area contributed by atoms with Gasteiger partial charge in [0.2, 0.25) is 5.91 Å². The van der Waals surface area contributed by atoms with E-state index in [0.717, 1.165) is 45.6 Å². The molecular formula is C16H25N3O. The monoisotopic (exact) mass is 275 g/mol. The van der Waals surface area contributed by atoms with Crippen molar-refractivity contribution in [1.82, 2.24) is 15.5 Å². The van der Waals surface area contributed by atoms with Crippen molar-refractivity contribution in [3.8, 4) is 0 Å². The molecule has 0 bridgehead atoms. The first kappa shape index (κ1) is 15.0. The maximum absolute atomic E-state index is 11.8. The molecule has 4 heteroatoms. The van der Waals surface area contributed by atoms with Gasteiger partial charge < -0.3 is 15.5 Å². The molecule has 0 saturated carbocycles. The molecular weight excluding hydrogens is 250 g/mol. The number of rotatable bonds is 7. The Balaban J connectivity index is 1.57. The van der Waals surface area contributed by atoms with Gasteiger partial charge in [-0.2, -0.15) is 0 Å². The summed E-state index contributed by atoms with van der Waals surface area (Å²) >= 11 is 0. The van der Waals surface area contributed by atoms with Crippen molar-refractivity contribution in [3.05, 3.63) is 35.9 Å². The Hall–Kier alpha value is -1.39. The molecule has 0 spiro atoms. The third-order valence-corrected chi connectivity index (χ3v) is 3.74. The van der Waals surface area contributed by atoms with Crippen molar-refractivity contribution in [2.45, 2.75) is 19.4 Å². The molecule has 20 heavy (non-hydrogen) atoms. The van der Waals surface area contributed by atoms with Crippen LogP contribution in [-0.2, 0) is 11.3 Å². The Morgan fingerprint density at radius 3 is 2.90 bits per heavy atom. The Kier molecular flexibility index (Phi) is 6.02. The van der Waals surface area contributed by atoms with Crippen LogP contribution in [0.1, 0.15) is 18.4 Å². The highest BCUT2D eigenvalue weighted by Crippen LogP contribution is 2.07. The van der Waals surface area contributed by atoms with E-state index in [-0.39, 0.29) is 11.8 Å². The van der Waals surface area contributed by atoms with Gasteiger partial charge in [-0.15, -0.1) is 0 Å². The average Bonchev–Trinajstić information content (AvgIpc) is 2.99. The van der Waals surface area contributed by atoms with Crippen LogP contribution in [0, 0.1) is 5.92 Å². The van der Waals surface area contributed by atoms with E-state index >= 15 is 0 Å². The molecule has 0 aliphatic carbocycles. The van der Waals surface area contributed by atoms with Crippen molar-refractivity contribution in [2.24, 2.45) is 5.92 Å². The molecule has 1 atom stereocenters. The lowest BCUT2D eigenvalue weighted by molar-refractivity contribution is -0.124. The van der Waals surface area contributed by atoms with Gasteiger partial charge in [-0.3, -0.25) is 4.79 Å². The SMILES string of the molecule is CN(CCCNC(=O)C1CCNC1)Cc1ccccc1. The maximum atomic E-state index is 11.8. The molecule has 4 nitrogen and oxygen atoms in total. The average molecular weight is 275 g/mol. The Morgan fingerprint density at radius 1 is 1.40 bits per heavy atom. The summed E-state index contributed by atoms with van der Waals surface area (Å²) in [6, 6.07) is 10.5. The Morgan fingerprint density at radius 2 is 2.20 bits per heavy atom. The van der Waals surface area contributed by atoms with Crippen molar-refractivity contribution in [1.29, 1.82) is 0 Å². The van der Waals surface area contributed by atoms with E-state index < -0.39 is 0 Å². The van der Waals surface area contributed by atoms with E-state index in [4.69, 9.17) is 0 Å². The minimum atomic E-state index is 0.178. The lowest BCUT2D eigenvalue weighted by atomic mass is 10.1. The number of nitrogens with one attached hydrogen (secondary N) is 2. The molecule has 1 aromatic carbocycles. The summed E-state index contributed by atoms with van der Waals surface area (Å²) in [6.45, 7) is 4.53. The van der Waals surface area contributed by atoms with Crippen LogP contribution in [0.25, 0.3) is 0 Å². The van der Waals surface area contributed by atoms with Gasteiger partial charge in [-0.05, 0) is 38.5 Å². The Labute approximate surface area is 121 Å². The fourth-order valence-corrected chi connectivity index (χ4v) is 2.56. The van der Waals surface area contributed by atoms with E-state index in [0.29, 0.717) is 0 Å². The molecule has 0 aromatic heterocycles. The molecule has 1 saturated heterocycles. The van der Waals surface area contributed by atoms with Gasteiger partial charge in [-0.25, -0.2) is 0 Å². The molecule has 1 fully saturated rings. The standard InChI is InChI=1S/C16H25N3O/c1-19(13-14-6-3-2-4-7-14)11-5-9-18-16(20)15-8-10-17-12-15/h2-4,6-7,15,17H,5,8-13H2,1H3,(H,18,20). The zero-order chi connectivity index (χ0) is 14.2. The summed E-state index contributed by atoms with van der Waals surface area (Å²) < 4.78 is 0. The lowest BCUT2D eigenvalue weighted by Gasteiger charge is -2.17. The summed E-state index contributed by atoms with van der Waals surface area (Å²) in [5.74, 6) is 0.387. The molecule has 1 aromatic rings. The van der Waals surface area contributed by atoms with Gasteiger partial charge in [0.25, 0.3) is 0 Å². The van der Waals surface area contributed by atoms with Gasteiger partial charge in [0.15, 0.2) is 0 Å². The van der Waals surface area contributed by atoms with Gasteiger partial charge in [0, 0.05) is 19.6 Å². The number of nitrogens with zero attached hydrogens (tertiary/aromatic N) is 1. The van der Waals surface area contributed by atoms with E-state index in [1.54, 1.807) is 0 Å². The number of carbonyl (C=O) groups excluding carboxylic acids is 1. The molecule has 110 valence electrons. The molecule has 1 heterocycles. The molecule has 1 aliphatic rings. The van der Waals surface area contributed by atoms with E-state index in [1.807, 2.05) is 6.07 Å². The molecule has 2 rings (SSSR count). The van der Waals surface area contributed by atoms with Crippen molar-refractivity contribution >= 4 is 5.91 Å². The van der Waals surface area contributed by atoms with Gasteiger partial charge in [-0.1, -0.05) is 30.3 Å². The second kappa shape index (κ2) is 8.02. The van der Waals surface area contributed by atoms with Gasteiger partial charge in [0.1, 0.15) is 0 Å². The predicted octanol–water partition coefficient (Wildman–Crippen LogP) is 1.23. The number of amides is 1. The van der Waals surface area contributed by atoms with Crippen molar-refractivity contribution < 1.29 is 4.79 Å². The first-order valence-electron chi connectivity index (χ1n) is 7.46. The normalized spacial score (nSPS) is 18.4. The maximum Gasteiger partial charge on any atom is 0.224 e. The van der Waals surface area contributed by atoms with Crippen molar-refractivity contribution in [2.75, 3.05) is 33.2 Å². The quantitative estimate of drug-likeness (QED) is 0.736. The molecule has 2 N–H and O–H groups in total. The highest BCUT2D eigenvalue weighted by molar-refractivity contribution is 5.79.